The summed E-state index contributed by atoms with van der Waals surface area (Å²) in [5.41, 5.74) is 1.87. The van der Waals surface area contributed by atoms with Gasteiger partial charge in [-0.05, 0) is 48.9 Å². The largest absolute Gasteiger partial charge is 0.487 e. The van der Waals surface area contributed by atoms with Crippen LogP contribution in [0.25, 0.3) is 0 Å². The van der Waals surface area contributed by atoms with E-state index < -0.39 is 0 Å². The van der Waals surface area contributed by atoms with Crippen molar-refractivity contribution in [3.05, 3.63) is 84.1 Å². The van der Waals surface area contributed by atoms with Crippen LogP contribution in [0.1, 0.15) is 36.4 Å². The number of furan rings is 1. The molecule has 1 N–H and O–H groups in total. The number of benzene rings is 1. The van der Waals surface area contributed by atoms with E-state index in [0.29, 0.717) is 19.4 Å². The third-order valence-electron chi connectivity index (χ3n) is 4.03. The van der Waals surface area contributed by atoms with Gasteiger partial charge in [-0.25, -0.2) is 0 Å². The molecule has 1 aromatic carbocycles. The highest BCUT2D eigenvalue weighted by molar-refractivity contribution is 5.76. The average Bonchev–Trinajstić information content (AvgIpc) is 3.19. The van der Waals surface area contributed by atoms with Crippen LogP contribution in [0, 0.1) is 0 Å². The van der Waals surface area contributed by atoms with Gasteiger partial charge < -0.3 is 14.5 Å². The maximum Gasteiger partial charge on any atom is 0.220 e. The van der Waals surface area contributed by atoms with Gasteiger partial charge >= 0.3 is 0 Å². The van der Waals surface area contributed by atoms with Crippen LogP contribution in [0.2, 0.25) is 0 Å². The van der Waals surface area contributed by atoms with Crippen molar-refractivity contribution < 1.29 is 13.9 Å². The van der Waals surface area contributed by atoms with Crippen molar-refractivity contribution in [2.75, 3.05) is 0 Å². The molecule has 5 nitrogen and oxygen atoms in total. The van der Waals surface area contributed by atoms with Gasteiger partial charge in [0.1, 0.15) is 18.1 Å². The molecule has 2 aromatic heterocycles. The Kier molecular flexibility index (Phi) is 6.04. The number of aryl methyl sites for hydroxylation is 1. The summed E-state index contributed by atoms with van der Waals surface area (Å²) < 4.78 is 11.0. The van der Waals surface area contributed by atoms with Crippen molar-refractivity contribution >= 4 is 5.91 Å². The maximum atomic E-state index is 12.1. The maximum absolute atomic E-state index is 12.1. The van der Waals surface area contributed by atoms with Crippen LogP contribution in [0.3, 0.4) is 0 Å². The lowest BCUT2D eigenvalue weighted by atomic mass is 10.1. The minimum absolute atomic E-state index is 0.00583. The quantitative estimate of drug-likeness (QED) is 0.665. The Bertz CT molecular complexity index is 816. The first-order valence-electron chi connectivity index (χ1n) is 8.65. The van der Waals surface area contributed by atoms with E-state index in [1.165, 1.54) is 0 Å². The SMILES string of the molecule is C[C@H](NC(=O)CCc1ccco1)c1cccc(OCc2ccccn2)c1. The number of pyridine rings is 1. The molecule has 3 aromatic rings. The summed E-state index contributed by atoms with van der Waals surface area (Å²) in [5.74, 6) is 1.57. The number of nitrogens with one attached hydrogen (secondary N) is 1. The first-order chi connectivity index (χ1) is 12.7. The Morgan fingerprint density at radius 2 is 2.12 bits per heavy atom. The van der Waals surface area contributed by atoms with Crippen LogP contribution >= 0.6 is 0 Å². The molecule has 1 amide bonds. The van der Waals surface area contributed by atoms with Gasteiger partial charge in [0.05, 0.1) is 18.0 Å². The Hall–Kier alpha value is -3.08. The van der Waals surface area contributed by atoms with Gasteiger partial charge in [0, 0.05) is 19.0 Å². The lowest BCUT2D eigenvalue weighted by molar-refractivity contribution is -0.121. The zero-order valence-corrected chi connectivity index (χ0v) is 14.7. The van der Waals surface area contributed by atoms with E-state index >= 15 is 0 Å². The summed E-state index contributed by atoms with van der Waals surface area (Å²) >= 11 is 0. The van der Waals surface area contributed by atoms with Crippen molar-refractivity contribution in [3.8, 4) is 5.75 Å². The van der Waals surface area contributed by atoms with Crippen LogP contribution in [0.4, 0.5) is 0 Å². The van der Waals surface area contributed by atoms with Crippen molar-refractivity contribution in [2.45, 2.75) is 32.4 Å². The van der Waals surface area contributed by atoms with Crippen molar-refractivity contribution in [3.63, 3.8) is 0 Å². The first kappa shape index (κ1) is 17.7. The molecule has 0 radical (unpaired) electrons. The van der Waals surface area contributed by atoms with Crippen molar-refractivity contribution in [1.29, 1.82) is 0 Å². The zero-order valence-electron chi connectivity index (χ0n) is 14.7. The van der Waals surface area contributed by atoms with E-state index in [2.05, 4.69) is 10.3 Å². The van der Waals surface area contributed by atoms with Crippen LogP contribution in [0.5, 0.6) is 5.75 Å². The molecule has 0 saturated carbocycles. The number of carbonyl (C=O) groups excluding carboxylic acids is 1. The number of amides is 1. The number of hydrogen-bond acceptors (Lipinski definition) is 4. The summed E-state index contributed by atoms with van der Waals surface area (Å²) in [4.78, 5) is 16.4. The Balaban J connectivity index is 1.52. The molecule has 3 rings (SSSR count). The van der Waals surface area contributed by atoms with E-state index in [1.54, 1.807) is 12.5 Å². The first-order valence-corrected chi connectivity index (χ1v) is 8.65. The predicted octanol–water partition coefficient (Wildman–Crippen LogP) is 4.06. The zero-order chi connectivity index (χ0) is 18.2. The predicted molar refractivity (Wildman–Crippen MR) is 98.6 cm³/mol. The standard InChI is InChI=1S/C21H22N2O3/c1-16(23-21(24)11-10-19-9-5-13-25-19)17-6-4-8-20(14-17)26-15-18-7-2-3-12-22-18/h2-9,12-14,16H,10-11,15H2,1H3,(H,23,24)/t16-/m0/s1. The minimum Gasteiger partial charge on any atom is -0.487 e. The fourth-order valence-corrected chi connectivity index (χ4v) is 2.60. The second kappa shape index (κ2) is 8.85. The fourth-order valence-electron chi connectivity index (χ4n) is 2.60. The summed E-state index contributed by atoms with van der Waals surface area (Å²) in [5, 5.41) is 3.01. The molecule has 0 aliphatic heterocycles. The Morgan fingerprint density at radius 1 is 1.19 bits per heavy atom. The van der Waals surface area contributed by atoms with E-state index in [1.807, 2.05) is 61.5 Å². The smallest absolute Gasteiger partial charge is 0.220 e. The molecule has 0 aliphatic carbocycles. The van der Waals surface area contributed by atoms with E-state index in [0.717, 1.165) is 22.8 Å². The average molecular weight is 350 g/mol. The van der Waals surface area contributed by atoms with E-state index in [4.69, 9.17) is 9.15 Å². The molecule has 26 heavy (non-hydrogen) atoms. The number of rotatable bonds is 8. The summed E-state index contributed by atoms with van der Waals surface area (Å²) in [6.45, 7) is 2.37. The molecule has 0 aliphatic rings. The van der Waals surface area contributed by atoms with Gasteiger partial charge in [-0.15, -0.1) is 0 Å². The second-order valence-corrected chi connectivity index (χ2v) is 6.05. The highest BCUT2D eigenvalue weighted by Crippen LogP contribution is 2.20. The summed E-state index contributed by atoms with van der Waals surface area (Å²) in [6.07, 6.45) is 4.36. The molecular weight excluding hydrogens is 328 g/mol. The van der Waals surface area contributed by atoms with E-state index in [-0.39, 0.29) is 11.9 Å². The number of aromatic nitrogens is 1. The highest BCUT2D eigenvalue weighted by atomic mass is 16.5. The van der Waals surface area contributed by atoms with Crippen LogP contribution < -0.4 is 10.1 Å². The topological polar surface area (TPSA) is 64.4 Å². The molecule has 5 heteroatoms. The third kappa shape index (κ3) is 5.21. The molecule has 0 spiro atoms. The number of ether oxygens (including phenoxy) is 1. The van der Waals surface area contributed by atoms with Crippen LogP contribution in [-0.2, 0) is 17.8 Å². The van der Waals surface area contributed by atoms with Crippen LogP contribution in [-0.4, -0.2) is 10.9 Å². The summed E-state index contributed by atoms with van der Waals surface area (Å²) in [6, 6.07) is 17.1. The lowest BCUT2D eigenvalue weighted by Gasteiger charge is -2.15. The molecule has 0 fully saturated rings. The molecular formula is C21H22N2O3. The molecule has 134 valence electrons. The van der Waals surface area contributed by atoms with Gasteiger partial charge in [0.15, 0.2) is 0 Å². The molecule has 2 heterocycles. The number of hydrogen-bond donors (Lipinski definition) is 1. The molecule has 0 unspecified atom stereocenters. The Morgan fingerprint density at radius 3 is 2.88 bits per heavy atom. The van der Waals surface area contributed by atoms with Gasteiger partial charge in [0.2, 0.25) is 5.91 Å². The van der Waals surface area contributed by atoms with Crippen LogP contribution in [0.15, 0.2) is 71.5 Å². The normalized spacial score (nSPS) is 11.7. The molecule has 0 saturated heterocycles. The number of nitrogens with zero attached hydrogens (tertiary/aromatic N) is 1. The fraction of sp³-hybridized carbons (Fsp3) is 0.238. The van der Waals surface area contributed by atoms with Gasteiger partial charge in [-0.2, -0.15) is 0 Å². The molecule has 0 bridgehead atoms. The van der Waals surface area contributed by atoms with E-state index in [9.17, 15) is 4.79 Å². The summed E-state index contributed by atoms with van der Waals surface area (Å²) in [7, 11) is 0. The number of carbonyl (C=O) groups is 1. The second-order valence-electron chi connectivity index (χ2n) is 6.05. The van der Waals surface area contributed by atoms with Gasteiger partial charge in [0.25, 0.3) is 0 Å². The van der Waals surface area contributed by atoms with Gasteiger partial charge in [-0.1, -0.05) is 18.2 Å². The monoisotopic (exact) mass is 350 g/mol. The third-order valence-corrected chi connectivity index (χ3v) is 4.03. The lowest BCUT2D eigenvalue weighted by Crippen LogP contribution is -2.26. The van der Waals surface area contributed by atoms with Crippen molar-refractivity contribution in [2.24, 2.45) is 0 Å². The highest BCUT2D eigenvalue weighted by Gasteiger charge is 2.11. The van der Waals surface area contributed by atoms with Gasteiger partial charge in [-0.3, -0.25) is 9.78 Å². The molecule has 1 atom stereocenters. The minimum atomic E-state index is -0.0995. The van der Waals surface area contributed by atoms with Crippen molar-refractivity contribution in [1.82, 2.24) is 10.3 Å². The Labute approximate surface area is 153 Å².